The number of hydrogen-bond donors (Lipinski definition) is 2. The topological polar surface area (TPSA) is 49.3 Å². The number of amides is 1. The first kappa shape index (κ1) is 15.0. The number of carbonyl (C=O) groups is 1. The molecule has 2 N–H and O–H groups in total. The number of benzene rings is 1. The fourth-order valence-corrected chi connectivity index (χ4v) is 1.95. The lowest BCUT2D eigenvalue weighted by Gasteiger charge is -2.25. The van der Waals surface area contributed by atoms with Crippen molar-refractivity contribution in [2.24, 2.45) is 0 Å². The Bertz CT molecular complexity index is 428. The van der Waals surface area contributed by atoms with Crippen molar-refractivity contribution in [2.75, 3.05) is 6.54 Å². The van der Waals surface area contributed by atoms with Crippen LogP contribution in [0.15, 0.2) is 18.2 Å². The molecule has 0 fully saturated rings. The fourth-order valence-electron chi connectivity index (χ4n) is 1.72. The van der Waals surface area contributed by atoms with Crippen LogP contribution in [0.1, 0.15) is 42.6 Å². The summed E-state index contributed by atoms with van der Waals surface area (Å²) in [6.07, 6.45) is 1.23. The van der Waals surface area contributed by atoms with E-state index in [0.717, 1.165) is 5.56 Å². The van der Waals surface area contributed by atoms with Gasteiger partial charge in [-0.25, -0.2) is 0 Å². The molecule has 0 aromatic heterocycles. The molecule has 0 atom stereocenters. The van der Waals surface area contributed by atoms with Gasteiger partial charge in [-0.1, -0.05) is 25.4 Å². The highest BCUT2D eigenvalue weighted by Crippen LogP contribution is 2.16. The minimum Gasteiger partial charge on any atom is -0.388 e. The second-order valence-corrected chi connectivity index (χ2v) is 5.01. The number of nitrogens with one attached hydrogen (secondary N) is 1. The third-order valence-corrected chi connectivity index (χ3v) is 3.56. The number of hydrogen-bond acceptors (Lipinski definition) is 2. The van der Waals surface area contributed by atoms with Gasteiger partial charge in [0.05, 0.1) is 5.60 Å². The number of aryl methyl sites for hydroxylation is 1. The summed E-state index contributed by atoms with van der Waals surface area (Å²) >= 11 is 5.84. The standard InChI is InChI=1S/C14H20ClNO2/c1-4-14(18,5-2)9-16-13(17)12-7-6-11(15)8-10(12)3/h6-8,18H,4-5,9H2,1-3H3,(H,16,17). The van der Waals surface area contributed by atoms with Crippen molar-refractivity contribution in [3.8, 4) is 0 Å². The Balaban J connectivity index is 2.71. The predicted molar refractivity (Wildman–Crippen MR) is 74.1 cm³/mol. The SMILES string of the molecule is CCC(O)(CC)CNC(=O)c1ccc(Cl)cc1C. The van der Waals surface area contributed by atoms with Crippen molar-refractivity contribution >= 4 is 17.5 Å². The van der Waals surface area contributed by atoms with Crippen LogP contribution in [0, 0.1) is 6.92 Å². The molecule has 1 amide bonds. The molecule has 0 aliphatic heterocycles. The summed E-state index contributed by atoms with van der Waals surface area (Å²) < 4.78 is 0. The summed E-state index contributed by atoms with van der Waals surface area (Å²) in [5, 5.41) is 13.5. The molecule has 0 aliphatic rings. The fraction of sp³-hybridized carbons (Fsp3) is 0.500. The molecule has 1 rings (SSSR count). The van der Waals surface area contributed by atoms with Crippen LogP contribution in [0.3, 0.4) is 0 Å². The van der Waals surface area contributed by atoms with Crippen molar-refractivity contribution in [1.82, 2.24) is 5.32 Å². The second kappa shape index (κ2) is 6.21. The van der Waals surface area contributed by atoms with E-state index >= 15 is 0 Å². The molecule has 4 heteroatoms. The molecule has 0 unspecified atom stereocenters. The second-order valence-electron chi connectivity index (χ2n) is 4.57. The van der Waals surface area contributed by atoms with Crippen LogP contribution in [-0.4, -0.2) is 23.2 Å². The minimum absolute atomic E-state index is 0.176. The van der Waals surface area contributed by atoms with Gasteiger partial charge in [-0.15, -0.1) is 0 Å². The van der Waals surface area contributed by atoms with E-state index in [1.807, 2.05) is 20.8 Å². The highest BCUT2D eigenvalue weighted by Gasteiger charge is 2.23. The van der Waals surface area contributed by atoms with Crippen molar-refractivity contribution < 1.29 is 9.90 Å². The van der Waals surface area contributed by atoms with Gasteiger partial charge in [0.15, 0.2) is 0 Å². The van der Waals surface area contributed by atoms with Crippen LogP contribution in [0.25, 0.3) is 0 Å². The van der Waals surface area contributed by atoms with Gasteiger partial charge in [0, 0.05) is 17.1 Å². The Morgan fingerprint density at radius 3 is 2.50 bits per heavy atom. The molecule has 0 radical (unpaired) electrons. The molecule has 0 saturated carbocycles. The van der Waals surface area contributed by atoms with Gasteiger partial charge < -0.3 is 10.4 Å². The van der Waals surface area contributed by atoms with Gasteiger partial charge in [-0.2, -0.15) is 0 Å². The molecule has 18 heavy (non-hydrogen) atoms. The lowest BCUT2D eigenvalue weighted by Crippen LogP contribution is -2.42. The molecule has 0 saturated heterocycles. The average Bonchev–Trinajstić information content (AvgIpc) is 2.35. The Labute approximate surface area is 113 Å². The minimum atomic E-state index is -0.823. The summed E-state index contributed by atoms with van der Waals surface area (Å²) in [6, 6.07) is 5.14. The summed E-state index contributed by atoms with van der Waals surface area (Å²) in [6.45, 7) is 5.92. The van der Waals surface area contributed by atoms with E-state index < -0.39 is 5.60 Å². The largest absolute Gasteiger partial charge is 0.388 e. The maximum atomic E-state index is 12.0. The van der Waals surface area contributed by atoms with Crippen molar-refractivity contribution in [1.29, 1.82) is 0 Å². The summed E-state index contributed by atoms with van der Waals surface area (Å²) in [5.74, 6) is -0.176. The number of aliphatic hydroxyl groups is 1. The number of rotatable bonds is 5. The third-order valence-electron chi connectivity index (χ3n) is 3.33. The molecule has 0 heterocycles. The zero-order valence-corrected chi connectivity index (χ0v) is 11.8. The molecular formula is C14H20ClNO2. The monoisotopic (exact) mass is 269 g/mol. The highest BCUT2D eigenvalue weighted by molar-refractivity contribution is 6.30. The van der Waals surface area contributed by atoms with Crippen LogP contribution in [-0.2, 0) is 0 Å². The van der Waals surface area contributed by atoms with Gasteiger partial charge >= 0.3 is 0 Å². The molecule has 1 aromatic carbocycles. The zero-order valence-electron chi connectivity index (χ0n) is 11.1. The third kappa shape index (κ3) is 3.72. The van der Waals surface area contributed by atoms with Gasteiger partial charge in [-0.3, -0.25) is 4.79 Å². The van der Waals surface area contributed by atoms with Crippen LogP contribution >= 0.6 is 11.6 Å². The van der Waals surface area contributed by atoms with Gasteiger partial charge in [0.2, 0.25) is 0 Å². The molecule has 3 nitrogen and oxygen atoms in total. The van der Waals surface area contributed by atoms with E-state index in [4.69, 9.17) is 11.6 Å². The van der Waals surface area contributed by atoms with Gasteiger partial charge in [-0.05, 0) is 43.5 Å². The average molecular weight is 270 g/mol. The number of carbonyl (C=O) groups excluding carboxylic acids is 1. The van der Waals surface area contributed by atoms with Crippen molar-refractivity contribution in [3.05, 3.63) is 34.3 Å². The van der Waals surface area contributed by atoms with Crippen molar-refractivity contribution in [3.63, 3.8) is 0 Å². The van der Waals surface area contributed by atoms with E-state index in [9.17, 15) is 9.90 Å². The van der Waals surface area contributed by atoms with Crippen LogP contribution < -0.4 is 5.32 Å². The summed E-state index contributed by atoms with van der Waals surface area (Å²) in [7, 11) is 0. The lowest BCUT2D eigenvalue weighted by molar-refractivity contribution is 0.0314. The van der Waals surface area contributed by atoms with E-state index in [1.54, 1.807) is 18.2 Å². The molecule has 100 valence electrons. The lowest BCUT2D eigenvalue weighted by atomic mass is 9.97. The molecule has 0 bridgehead atoms. The Kier molecular flexibility index (Phi) is 5.17. The molecule has 0 aliphatic carbocycles. The molecule has 0 spiro atoms. The number of halogens is 1. The highest BCUT2D eigenvalue weighted by atomic mass is 35.5. The summed E-state index contributed by atoms with van der Waals surface area (Å²) in [4.78, 5) is 12.0. The van der Waals surface area contributed by atoms with Crippen LogP contribution in [0.5, 0.6) is 0 Å². The normalized spacial score (nSPS) is 11.4. The van der Waals surface area contributed by atoms with E-state index in [1.165, 1.54) is 0 Å². The maximum Gasteiger partial charge on any atom is 0.251 e. The van der Waals surface area contributed by atoms with E-state index in [2.05, 4.69) is 5.32 Å². The van der Waals surface area contributed by atoms with Gasteiger partial charge in [0.25, 0.3) is 5.91 Å². The van der Waals surface area contributed by atoms with Crippen molar-refractivity contribution in [2.45, 2.75) is 39.2 Å². The van der Waals surface area contributed by atoms with E-state index in [0.29, 0.717) is 23.4 Å². The predicted octanol–water partition coefficient (Wildman–Crippen LogP) is 2.93. The van der Waals surface area contributed by atoms with Gasteiger partial charge in [0.1, 0.15) is 0 Å². The van der Waals surface area contributed by atoms with E-state index in [-0.39, 0.29) is 12.5 Å². The molecule has 1 aromatic rings. The quantitative estimate of drug-likeness (QED) is 0.863. The van der Waals surface area contributed by atoms with Crippen LogP contribution in [0.4, 0.5) is 0 Å². The summed E-state index contributed by atoms with van der Waals surface area (Å²) in [5.41, 5.74) is 0.598. The van der Waals surface area contributed by atoms with Crippen LogP contribution in [0.2, 0.25) is 5.02 Å². The Morgan fingerprint density at radius 2 is 2.00 bits per heavy atom. The Morgan fingerprint density at radius 1 is 1.39 bits per heavy atom. The smallest absolute Gasteiger partial charge is 0.251 e. The zero-order chi connectivity index (χ0) is 13.8. The molecular weight excluding hydrogens is 250 g/mol. The first-order valence-electron chi connectivity index (χ1n) is 6.18. The Hall–Kier alpha value is -1.06. The first-order valence-corrected chi connectivity index (χ1v) is 6.56. The first-order chi connectivity index (χ1) is 8.41. The maximum absolute atomic E-state index is 12.0.